The average molecular weight is 248 g/mol. The van der Waals surface area contributed by atoms with Gasteiger partial charge in [-0.05, 0) is 61.8 Å². The second-order valence-electron chi connectivity index (χ2n) is 6.27. The highest BCUT2D eigenvalue weighted by Crippen LogP contribution is 2.39. The van der Waals surface area contributed by atoms with E-state index >= 15 is 0 Å². The van der Waals surface area contributed by atoms with Gasteiger partial charge in [0.15, 0.2) is 5.78 Å². The zero-order valence-corrected chi connectivity index (χ0v) is 11.4. The molecule has 0 atom stereocenters. The van der Waals surface area contributed by atoms with Crippen LogP contribution in [0.25, 0.3) is 0 Å². The van der Waals surface area contributed by atoms with Gasteiger partial charge in [0.05, 0.1) is 0 Å². The topological polar surface area (TPSA) is 17.1 Å². The van der Waals surface area contributed by atoms with Crippen LogP contribution in [0.3, 0.4) is 0 Å². The highest BCUT2D eigenvalue weighted by atomic mass is 19.1. The summed E-state index contributed by atoms with van der Waals surface area (Å²) in [6.45, 7) is 6.22. The molecule has 2 heteroatoms. The molecule has 0 amide bonds. The number of Topliss-reactive ketones (excluding diaryl/α,β-unsaturated/α-hetero) is 1. The van der Waals surface area contributed by atoms with E-state index in [1.807, 2.05) is 0 Å². The maximum atomic E-state index is 13.2. The number of carbonyl (C=O) groups excluding carboxylic acids is 1. The lowest BCUT2D eigenvalue weighted by atomic mass is 9.71. The van der Waals surface area contributed by atoms with Crippen molar-refractivity contribution in [3.8, 4) is 0 Å². The number of rotatable bonds is 2. The summed E-state index contributed by atoms with van der Waals surface area (Å²) >= 11 is 0. The molecule has 18 heavy (non-hydrogen) atoms. The number of halogens is 1. The van der Waals surface area contributed by atoms with E-state index in [0.29, 0.717) is 16.5 Å². The first-order valence-corrected chi connectivity index (χ1v) is 6.69. The summed E-state index contributed by atoms with van der Waals surface area (Å²) in [6, 6.07) is 4.69. The van der Waals surface area contributed by atoms with E-state index in [0.717, 1.165) is 25.7 Å². The molecule has 1 aromatic rings. The van der Waals surface area contributed by atoms with E-state index in [1.165, 1.54) is 6.07 Å². The normalized spacial score (nSPS) is 19.8. The Hall–Kier alpha value is -1.18. The van der Waals surface area contributed by atoms with Gasteiger partial charge in [0.25, 0.3) is 0 Å². The number of ketones is 1. The van der Waals surface area contributed by atoms with Crippen molar-refractivity contribution in [2.24, 2.45) is 11.3 Å². The molecule has 1 nitrogen and oxygen atoms in total. The quantitative estimate of drug-likeness (QED) is 0.702. The molecule has 2 rings (SSSR count). The van der Waals surface area contributed by atoms with Gasteiger partial charge in [-0.1, -0.05) is 13.8 Å². The molecule has 0 spiro atoms. The molecule has 0 aliphatic heterocycles. The molecule has 1 fully saturated rings. The zero-order valence-electron chi connectivity index (χ0n) is 11.4. The number of hydrogen-bond donors (Lipinski definition) is 0. The highest BCUT2D eigenvalue weighted by molar-refractivity contribution is 5.98. The lowest BCUT2D eigenvalue weighted by molar-refractivity contribution is 0.0838. The maximum Gasteiger partial charge on any atom is 0.165 e. The second kappa shape index (κ2) is 4.83. The van der Waals surface area contributed by atoms with Crippen molar-refractivity contribution < 1.29 is 9.18 Å². The van der Waals surface area contributed by atoms with Gasteiger partial charge in [0.2, 0.25) is 0 Å². The summed E-state index contributed by atoms with van der Waals surface area (Å²) in [5, 5.41) is 0. The number of carbonyl (C=O) groups is 1. The summed E-state index contributed by atoms with van der Waals surface area (Å²) in [4.78, 5) is 12.4. The first-order chi connectivity index (χ1) is 8.39. The standard InChI is InChI=1S/C16H21FO/c1-11-10-13(4-5-14(11)17)15(18)12-6-8-16(2,3)9-7-12/h4-5,10,12H,6-9H2,1-3H3. The molecule has 0 saturated heterocycles. The van der Waals surface area contributed by atoms with Crippen molar-refractivity contribution in [3.05, 3.63) is 35.1 Å². The van der Waals surface area contributed by atoms with E-state index in [1.54, 1.807) is 19.1 Å². The van der Waals surface area contributed by atoms with Crippen molar-refractivity contribution >= 4 is 5.78 Å². The van der Waals surface area contributed by atoms with Crippen molar-refractivity contribution in [1.29, 1.82) is 0 Å². The first kappa shape index (κ1) is 13.3. The molecular formula is C16H21FO. The van der Waals surface area contributed by atoms with E-state index < -0.39 is 0 Å². The Labute approximate surface area is 108 Å². The molecule has 1 aromatic carbocycles. The van der Waals surface area contributed by atoms with Crippen molar-refractivity contribution in [2.45, 2.75) is 46.5 Å². The Bertz CT molecular complexity index is 452. The van der Waals surface area contributed by atoms with Gasteiger partial charge in [0.1, 0.15) is 5.82 Å². The fourth-order valence-electron chi connectivity index (χ4n) is 2.70. The van der Waals surface area contributed by atoms with E-state index in [4.69, 9.17) is 0 Å². The Morgan fingerprint density at radius 1 is 1.28 bits per heavy atom. The lowest BCUT2D eigenvalue weighted by Crippen LogP contribution is -2.26. The smallest absolute Gasteiger partial charge is 0.165 e. The predicted octanol–water partition coefficient (Wildman–Crippen LogP) is 4.53. The molecule has 1 aliphatic carbocycles. The summed E-state index contributed by atoms with van der Waals surface area (Å²) in [5.74, 6) is 0.0767. The van der Waals surface area contributed by atoms with Crippen LogP contribution in [-0.2, 0) is 0 Å². The zero-order chi connectivity index (χ0) is 13.3. The Kier molecular flexibility index (Phi) is 3.56. The van der Waals surface area contributed by atoms with Crippen molar-refractivity contribution in [2.75, 3.05) is 0 Å². The van der Waals surface area contributed by atoms with Crippen LogP contribution in [0, 0.1) is 24.1 Å². The van der Waals surface area contributed by atoms with Gasteiger partial charge in [-0.3, -0.25) is 4.79 Å². The fraction of sp³-hybridized carbons (Fsp3) is 0.562. The number of aryl methyl sites for hydroxylation is 1. The SMILES string of the molecule is Cc1cc(C(=O)C2CCC(C)(C)CC2)ccc1F. The van der Waals surface area contributed by atoms with Crippen molar-refractivity contribution in [3.63, 3.8) is 0 Å². The molecule has 98 valence electrons. The van der Waals surface area contributed by atoms with Gasteiger partial charge in [-0.25, -0.2) is 4.39 Å². The second-order valence-corrected chi connectivity index (χ2v) is 6.27. The van der Waals surface area contributed by atoms with E-state index in [2.05, 4.69) is 13.8 Å². The summed E-state index contributed by atoms with van der Waals surface area (Å²) < 4.78 is 13.2. The van der Waals surface area contributed by atoms with Crippen LogP contribution >= 0.6 is 0 Å². The van der Waals surface area contributed by atoms with Gasteiger partial charge in [-0.2, -0.15) is 0 Å². The predicted molar refractivity (Wildman–Crippen MR) is 71.2 cm³/mol. The van der Waals surface area contributed by atoms with Crippen LogP contribution in [0.2, 0.25) is 0 Å². The molecule has 0 aromatic heterocycles. The molecule has 0 radical (unpaired) electrons. The van der Waals surface area contributed by atoms with Gasteiger partial charge < -0.3 is 0 Å². The monoisotopic (exact) mass is 248 g/mol. The maximum absolute atomic E-state index is 13.2. The lowest BCUT2D eigenvalue weighted by Gasteiger charge is -2.33. The number of benzene rings is 1. The minimum absolute atomic E-state index is 0.128. The molecule has 1 saturated carbocycles. The number of hydrogen-bond acceptors (Lipinski definition) is 1. The fourth-order valence-corrected chi connectivity index (χ4v) is 2.70. The molecule has 0 heterocycles. The van der Waals surface area contributed by atoms with Crippen LogP contribution in [0.15, 0.2) is 18.2 Å². The van der Waals surface area contributed by atoms with Crippen LogP contribution < -0.4 is 0 Å². The minimum atomic E-state index is -0.240. The van der Waals surface area contributed by atoms with Gasteiger partial charge in [-0.15, -0.1) is 0 Å². The van der Waals surface area contributed by atoms with Gasteiger partial charge in [0, 0.05) is 11.5 Å². The van der Waals surface area contributed by atoms with E-state index in [-0.39, 0.29) is 17.5 Å². The van der Waals surface area contributed by atoms with Crippen LogP contribution in [0.1, 0.15) is 55.5 Å². The minimum Gasteiger partial charge on any atom is -0.294 e. The Morgan fingerprint density at radius 3 is 2.44 bits per heavy atom. The third-order valence-electron chi connectivity index (χ3n) is 4.15. The van der Waals surface area contributed by atoms with E-state index in [9.17, 15) is 9.18 Å². The summed E-state index contributed by atoms with van der Waals surface area (Å²) in [6.07, 6.45) is 4.12. The molecule has 1 aliphatic rings. The van der Waals surface area contributed by atoms with Crippen molar-refractivity contribution in [1.82, 2.24) is 0 Å². The van der Waals surface area contributed by atoms with Crippen LogP contribution in [-0.4, -0.2) is 5.78 Å². The third-order valence-corrected chi connectivity index (χ3v) is 4.15. The average Bonchev–Trinajstić information content (AvgIpc) is 2.32. The molecule has 0 bridgehead atoms. The Balaban J connectivity index is 2.10. The largest absolute Gasteiger partial charge is 0.294 e. The third kappa shape index (κ3) is 2.80. The van der Waals surface area contributed by atoms with Gasteiger partial charge >= 0.3 is 0 Å². The summed E-state index contributed by atoms with van der Waals surface area (Å²) in [7, 11) is 0. The first-order valence-electron chi connectivity index (χ1n) is 6.69. The van der Waals surface area contributed by atoms with Crippen LogP contribution in [0.4, 0.5) is 4.39 Å². The molecular weight excluding hydrogens is 227 g/mol. The Morgan fingerprint density at radius 2 is 1.89 bits per heavy atom. The molecule has 0 N–H and O–H groups in total. The highest BCUT2D eigenvalue weighted by Gasteiger charge is 2.30. The molecule has 0 unspecified atom stereocenters. The van der Waals surface area contributed by atoms with Crippen LogP contribution in [0.5, 0.6) is 0 Å². The summed E-state index contributed by atoms with van der Waals surface area (Å²) in [5.41, 5.74) is 1.59.